The van der Waals surface area contributed by atoms with Crippen molar-refractivity contribution in [1.82, 2.24) is 19.1 Å². The largest absolute Gasteiger partial charge is 0.493 e. The van der Waals surface area contributed by atoms with Crippen LogP contribution in [0, 0.1) is 0 Å². The van der Waals surface area contributed by atoms with Crippen LogP contribution in [0.15, 0.2) is 23.1 Å². The number of fused-ring (bicyclic) bond motifs is 2. The lowest BCUT2D eigenvalue weighted by atomic mass is 10.1. The van der Waals surface area contributed by atoms with Gasteiger partial charge in [-0.25, -0.2) is 9.78 Å². The van der Waals surface area contributed by atoms with Gasteiger partial charge < -0.3 is 14.8 Å². The topological polar surface area (TPSA) is 83.2 Å². The van der Waals surface area contributed by atoms with Gasteiger partial charge in [-0.15, -0.1) is 0 Å². The van der Waals surface area contributed by atoms with Crippen molar-refractivity contribution >= 4 is 34.4 Å². The van der Waals surface area contributed by atoms with E-state index in [1.807, 2.05) is 21.3 Å². The minimum absolute atomic E-state index is 0.0126. The van der Waals surface area contributed by atoms with Crippen LogP contribution in [0.2, 0.25) is 5.02 Å². The van der Waals surface area contributed by atoms with Crippen LogP contribution in [0.1, 0.15) is 43.3 Å². The van der Waals surface area contributed by atoms with Gasteiger partial charge in [0.25, 0.3) is 0 Å². The molecular formula is C21H22ClN5O3. The van der Waals surface area contributed by atoms with Gasteiger partial charge in [-0.1, -0.05) is 11.6 Å². The number of nitrogens with zero attached hydrogens (tertiary/aromatic N) is 4. The van der Waals surface area contributed by atoms with Crippen LogP contribution in [0.3, 0.4) is 0 Å². The number of anilines is 2. The minimum Gasteiger partial charge on any atom is -0.493 e. The lowest BCUT2D eigenvalue weighted by molar-refractivity contribution is 0.0694. The molecule has 8 nitrogen and oxygen atoms in total. The Morgan fingerprint density at radius 1 is 1.07 bits per heavy atom. The van der Waals surface area contributed by atoms with Crippen LogP contribution in [-0.2, 0) is 11.2 Å². The van der Waals surface area contributed by atoms with Crippen molar-refractivity contribution < 1.29 is 9.47 Å². The van der Waals surface area contributed by atoms with E-state index in [2.05, 4.69) is 10.3 Å². The summed E-state index contributed by atoms with van der Waals surface area (Å²) in [6, 6.07) is 4.16. The number of halogens is 1. The van der Waals surface area contributed by atoms with Crippen molar-refractivity contribution in [2.75, 3.05) is 25.1 Å². The molecule has 3 aliphatic rings. The molecule has 30 heavy (non-hydrogen) atoms. The average Bonchev–Trinajstić information content (AvgIpc) is 3.41. The Morgan fingerprint density at radius 2 is 1.87 bits per heavy atom. The van der Waals surface area contributed by atoms with Crippen molar-refractivity contribution in [3.8, 4) is 5.75 Å². The maximum Gasteiger partial charge on any atom is 0.330 e. The van der Waals surface area contributed by atoms with Crippen molar-refractivity contribution in [3.05, 3.63) is 39.4 Å². The summed E-state index contributed by atoms with van der Waals surface area (Å²) in [7, 11) is 0. The lowest BCUT2D eigenvalue weighted by Gasteiger charge is -2.22. The molecule has 0 bridgehead atoms. The maximum absolute atomic E-state index is 13.3. The van der Waals surface area contributed by atoms with Crippen molar-refractivity contribution in [3.63, 3.8) is 0 Å². The van der Waals surface area contributed by atoms with Crippen molar-refractivity contribution in [2.45, 2.75) is 44.2 Å². The molecule has 0 spiro atoms. The van der Waals surface area contributed by atoms with Crippen LogP contribution < -0.4 is 15.7 Å². The van der Waals surface area contributed by atoms with Gasteiger partial charge in [0.05, 0.1) is 23.5 Å². The Kier molecular flexibility index (Phi) is 4.24. The van der Waals surface area contributed by atoms with Gasteiger partial charge in [0.1, 0.15) is 11.3 Å². The van der Waals surface area contributed by atoms with E-state index in [1.165, 1.54) is 0 Å². The van der Waals surface area contributed by atoms with Crippen LogP contribution >= 0.6 is 11.6 Å². The predicted molar refractivity (Wildman–Crippen MR) is 113 cm³/mol. The fraction of sp³-hybridized carbons (Fsp3) is 0.476. The van der Waals surface area contributed by atoms with E-state index in [4.69, 9.17) is 26.1 Å². The molecule has 3 aromatic rings. The Morgan fingerprint density at radius 3 is 2.67 bits per heavy atom. The smallest absolute Gasteiger partial charge is 0.330 e. The van der Waals surface area contributed by atoms with Crippen LogP contribution in [-0.4, -0.2) is 38.9 Å². The van der Waals surface area contributed by atoms with Gasteiger partial charge in [-0.05, 0) is 37.3 Å². The molecule has 2 fully saturated rings. The number of ether oxygens (including phenoxy) is 2. The van der Waals surface area contributed by atoms with Gasteiger partial charge in [0, 0.05) is 37.8 Å². The van der Waals surface area contributed by atoms with Gasteiger partial charge in [0.2, 0.25) is 5.95 Å². The number of benzene rings is 1. The molecule has 1 saturated carbocycles. The minimum atomic E-state index is 0.0126. The van der Waals surface area contributed by atoms with Crippen molar-refractivity contribution in [1.29, 1.82) is 0 Å². The summed E-state index contributed by atoms with van der Waals surface area (Å²) in [5.74, 6) is 1.26. The summed E-state index contributed by atoms with van der Waals surface area (Å²) in [4.78, 5) is 22.5. The highest BCUT2D eigenvalue weighted by Gasteiger charge is 2.32. The highest BCUT2D eigenvalue weighted by Crippen LogP contribution is 2.38. The Balaban J connectivity index is 1.43. The standard InChI is InChI=1S/C21H22ClN5O3/c22-15-10-18-12(3-8-30-18)9-16(15)24-20-23-11-17-19(25-20)27(14-4-6-29-7-5-14)21(28)26(17)13-1-2-13/h9-11,13-14H,1-8H2,(H,23,24,25). The molecule has 1 saturated heterocycles. The van der Waals surface area contributed by atoms with E-state index >= 15 is 0 Å². The second-order valence-corrected chi connectivity index (χ2v) is 8.57. The summed E-state index contributed by atoms with van der Waals surface area (Å²) in [5, 5.41) is 3.79. The van der Waals surface area contributed by atoms with Gasteiger partial charge in [-0.3, -0.25) is 9.13 Å². The monoisotopic (exact) mass is 427 g/mol. The summed E-state index contributed by atoms with van der Waals surface area (Å²) < 4.78 is 14.8. The predicted octanol–water partition coefficient (Wildman–Crippen LogP) is 3.61. The second kappa shape index (κ2) is 6.99. The maximum atomic E-state index is 13.3. The number of hydrogen-bond acceptors (Lipinski definition) is 6. The fourth-order valence-electron chi connectivity index (χ4n) is 4.46. The quantitative estimate of drug-likeness (QED) is 0.684. The lowest BCUT2D eigenvalue weighted by Crippen LogP contribution is -2.30. The summed E-state index contributed by atoms with van der Waals surface area (Å²) in [6.45, 7) is 2.00. The van der Waals surface area contributed by atoms with E-state index in [1.54, 1.807) is 6.20 Å². The van der Waals surface area contributed by atoms with Gasteiger partial charge in [0.15, 0.2) is 5.65 Å². The Bertz CT molecular complexity index is 1190. The first kappa shape index (κ1) is 18.2. The van der Waals surface area contributed by atoms with E-state index < -0.39 is 0 Å². The number of hydrogen-bond donors (Lipinski definition) is 1. The molecule has 0 atom stereocenters. The number of imidazole rings is 1. The summed E-state index contributed by atoms with van der Waals surface area (Å²) in [5.41, 5.74) is 3.34. The van der Waals surface area contributed by atoms with Crippen LogP contribution in [0.5, 0.6) is 5.75 Å². The molecule has 1 N–H and O–H groups in total. The molecule has 0 unspecified atom stereocenters. The zero-order chi connectivity index (χ0) is 20.2. The van der Waals surface area contributed by atoms with Crippen LogP contribution in [0.25, 0.3) is 11.2 Å². The zero-order valence-corrected chi connectivity index (χ0v) is 17.2. The molecule has 6 rings (SSSR count). The number of aromatic nitrogens is 4. The zero-order valence-electron chi connectivity index (χ0n) is 16.4. The first-order valence-corrected chi connectivity index (χ1v) is 10.9. The summed E-state index contributed by atoms with van der Waals surface area (Å²) in [6.07, 6.45) is 6.29. The molecule has 0 amide bonds. The Hall–Kier alpha value is -2.58. The summed E-state index contributed by atoms with van der Waals surface area (Å²) >= 11 is 6.44. The first-order valence-electron chi connectivity index (χ1n) is 10.5. The average molecular weight is 428 g/mol. The molecule has 2 aliphatic heterocycles. The highest BCUT2D eigenvalue weighted by atomic mass is 35.5. The molecule has 2 aromatic heterocycles. The highest BCUT2D eigenvalue weighted by molar-refractivity contribution is 6.33. The van der Waals surface area contributed by atoms with Crippen LogP contribution in [0.4, 0.5) is 11.6 Å². The molecule has 1 aliphatic carbocycles. The number of rotatable bonds is 4. The molecule has 4 heterocycles. The normalized spacial score (nSPS) is 19.1. The molecule has 156 valence electrons. The van der Waals surface area contributed by atoms with Gasteiger partial charge in [-0.2, -0.15) is 4.98 Å². The molecule has 1 aromatic carbocycles. The Labute approximate surface area is 177 Å². The van der Waals surface area contributed by atoms with Crippen molar-refractivity contribution in [2.24, 2.45) is 0 Å². The first-order chi connectivity index (χ1) is 14.7. The second-order valence-electron chi connectivity index (χ2n) is 8.16. The van der Waals surface area contributed by atoms with E-state index in [-0.39, 0.29) is 17.8 Å². The van der Waals surface area contributed by atoms with E-state index in [0.29, 0.717) is 36.4 Å². The SMILES string of the molecule is O=c1n(C2CC2)c2cnc(Nc3cc4c(cc3Cl)OCC4)nc2n1C1CCOCC1. The van der Waals surface area contributed by atoms with E-state index in [0.717, 1.165) is 54.6 Å². The molecule has 9 heteroatoms. The third-order valence-electron chi connectivity index (χ3n) is 6.14. The third-order valence-corrected chi connectivity index (χ3v) is 6.46. The van der Waals surface area contributed by atoms with E-state index in [9.17, 15) is 4.79 Å². The van der Waals surface area contributed by atoms with Gasteiger partial charge >= 0.3 is 5.69 Å². The number of nitrogens with one attached hydrogen (secondary N) is 1. The molecular weight excluding hydrogens is 406 g/mol. The molecule has 0 radical (unpaired) electrons. The fourth-order valence-corrected chi connectivity index (χ4v) is 4.66. The third kappa shape index (κ3) is 2.97.